The van der Waals surface area contributed by atoms with Gasteiger partial charge in [-0.3, -0.25) is 9.69 Å². The van der Waals surface area contributed by atoms with Gasteiger partial charge in [-0.2, -0.15) is 23.5 Å². The second-order valence-corrected chi connectivity index (χ2v) is 7.20. The molecule has 1 heterocycles. The highest BCUT2D eigenvalue weighted by molar-refractivity contribution is 7.98. The van der Waals surface area contributed by atoms with E-state index < -0.39 is 0 Å². The molecule has 1 aliphatic heterocycles. The molecule has 126 valence electrons. The van der Waals surface area contributed by atoms with Crippen LogP contribution >= 0.6 is 23.5 Å². The number of anilines is 1. The number of urea groups is 1. The Labute approximate surface area is 146 Å². The maximum atomic E-state index is 12.4. The molecule has 1 aromatic rings. The van der Waals surface area contributed by atoms with E-state index in [9.17, 15) is 9.59 Å². The van der Waals surface area contributed by atoms with Gasteiger partial charge in [-0.15, -0.1) is 0 Å². The molecule has 0 saturated carbocycles. The summed E-state index contributed by atoms with van der Waals surface area (Å²) < 4.78 is 0. The average Bonchev–Trinajstić information content (AvgIpc) is 2.95. The van der Waals surface area contributed by atoms with Crippen LogP contribution in [0.2, 0.25) is 0 Å². The normalized spacial score (nSPS) is 16.1. The predicted octanol–water partition coefficient (Wildman–Crippen LogP) is 2.14. The Morgan fingerprint density at radius 2 is 1.78 bits per heavy atom. The third-order valence-corrected chi connectivity index (χ3v) is 4.94. The molecule has 0 saturated heterocycles. The van der Waals surface area contributed by atoms with E-state index in [1.54, 1.807) is 28.4 Å². The molecular weight excluding hydrogens is 330 g/mol. The first-order valence-electron chi connectivity index (χ1n) is 7.59. The number of thioether (sulfide) groups is 2. The van der Waals surface area contributed by atoms with E-state index in [2.05, 4.69) is 10.6 Å². The summed E-state index contributed by atoms with van der Waals surface area (Å²) in [5.41, 5.74) is 1.76. The molecule has 1 aromatic carbocycles. The molecule has 0 aromatic heterocycles. The molecular formula is C16H23N3O2S2. The topological polar surface area (TPSA) is 61.4 Å². The lowest BCUT2D eigenvalue weighted by Crippen LogP contribution is -2.42. The number of carbonyl (C=O) groups excluding carboxylic acids is 2. The highest BCUT2D eigenvalue weighted by Crippen LogP contribution is 2.36. The number of hydrogen-bond donors (Lipinski definition) is 2. The van der Waals surface area contributed by atoms with Gasteiger partial charge in [0.1, 0.15) is 0 Å². The summed E-state index contributed by atoms with van der Waals surface area (Å²) >= 11 is 3.39. The SMILES string of the molecule is CSCCNC(=O)C1CN(C(=O)NCCSC)c2ccccc21. The molecule has 1 atom stereocenters. The molecule has 0 radical (unpaired) electrons. The lowest BCUT2D eigenvalue weighted by atomic mass is 10.0. The standard InChI is InChI=1S/C16H23N3O2S2/c1-22-9-7-17-15(20)13-11-19(16(21)18-8-10-23-2)14-6-4-3-5-12(13)14/h3-6,13H,7-11H2,1-2H3,(H,17,20)(H,18,21). The number of fused-ring (bicyclic) bond motifs is 1. The summed E-state index contributed by atoms with van der Waals surface area (Å²) in [6.45, 7) is 1.68. The van der Waals surface area contributed by atoms with Crippen LogP contribution in [0.25, 0.3) is 0 Å². The third-order valence-electron chi connectivity index (χ3n) is 3.72. The highest BCUT2D eigenvalue weighted by atomic mass is 32.2. The van der Waals surface area contributed by atoms with Gasteiger partial charge < -0.3 is 10.6 Å². The summed E-state index contributed by atoms with van der Waals surface area (Å²) in [6, 6.07) is 7.51. The third kappa shape index (κ3) is 4.57. The predicted molar refractivity (Wildman–Crippen MR) is 99.7 cm³/mol. The van der Waals surface area contributed by atoms with E-state index in [0.717, 1.165) is 22.8 Å². The molecule has 5 nitrogen and oxygen atoms in total. The van der Waals surface area contributed by atoms with Crippen LogP contribution in [0.3, 0.4) is 0 Å². The highest BCUT2D eigenvalue weighted by Gasteiger charge is 2.36. The van der Waals surface area contributed by atoms with E-state index in [1.165, 1.54) is 0 Å². The van der Waals surface area contributed by atoms with Crippen LogP contribution in [0.5, 0.6) is 0 Å². The number of hydrogen-bond acceptors (Lipinski definition) is 4. The molecule has 1 aliphatic rings. The van der Waals surface area contributed by atoms with Crippen LogP contribution in [0, 0.1) is 0 Å². The van der Waals surface area contributed by atoms with Crippen LogP contribution in [0.1, 0.15) is 11.5 Å². The Hall–Kier alpha value is -1.34. The van der Waals surface area contributed by atoms with Crippen molar-refractivity contribution in [3.05, 3.63) is 29.8 Å². The molecule has 0 aliphatic carbocycles. The Balaban J connectivity index is 2.07. The van der Waals surface area contributed by atoms with Crippen LogP contribution in [0.4, 0.5) is 10.5 Å². The summed E-state index contributed by atoms with van der Waals surface area (Å²) in [5.74, 6) is 1.46. The smallest absolute Gasteiger partial charge is 0.321 e. The first-order valence-corrected chi connectivity index (χ1v) is 10.4. The Kier molecular flexibility index (Phi) is 7.11. The first kappa shape index (κ1) is 18.0. The molecule has 2 rings (SSSR count). The molecule has 0 fully saturated rings. The largest absolute Gasteiger partial charge is 0.355 e. The van der Waals surface area contributed by atoms with Crippen LogP contribution in [0.15, 0.2) is 24.3 Å². The van der Waals surface area contributed by atoms with Crippen molar-refractivity contribution in [1.82, 2.24) is 10.6 Å². The second-order valence-electron chi connectivity index (χ2n) is 5.23. The summed E-state index contributed by atoms with van der Waals surface area (Å²) in [4.78, 5) is 26.5. The maximum Gasteiger partial charge on any atom is 0.321 e. The van der Waals surface area contributed by atoms with Crippen molar-refractivity contribution in [3.8, 4) is 0 Å². The number of amides is 3. The lowest BCUT2D eigenvalue weighted by Gasteiger charge is -2.18. The van der Waals surface area contributed by atoms with Gasteiger partial charge in [0.15, 0.2) is 0 Å². The maximum absolute atomic E-state index is 12.4. The van der Waals surface area contributed by atoms with Crippen LogP contribution in [-0.4, -0.2) is 55.6 Å². The average molecular weight is 354 g/mol. The van der Waals surface area contributed by atoms with Crippen molar-refractivity contribution in [3.63, 3.8) is 0 Å². The minimum Gasteiger partial charge on any atom is -0.355 e. The number of nitrogens with zero attached hydrogens (tertiary/aromatic N) is 1. The minimum absolute atomic E-state index is 0.00841. The van der Waals surface area contributed by atoms with E-state index in [1.807, 2.05) is 36.8 Å². The zero-order valence-corrected chi connectivity index (χ0v) is 15.1. The van der Waals surface area contributed by atoms with Gasteiger partial charge in [0.2, 0.25) is 5.91 Å². The van der Waals surface area contributed by atoms with Gasteiger partial charge in [0.25, 0.3) is 0 Å². The molecule has 7 heteroatoms. The Morgan fingerprint density at radius 1 is 1.13 bits per heavy atom. The monoisotopic (exact) mass is 353 g/mol. The van der Waals surface area contributed by atoms with E-state index in [-0.39, 0.29) is 17.9 Å². The molecule has 3 amide bonds. The molecule has 0 bridgehead atoms. The fourth-order valence-corrected chi connectivity index (χ4v) is 3.19. The molecule has 23 heavy (non-hydrogen) atoms. The number of benzene rings is 1. The quantitative estimate of drug-likeness (QED) is 0.738. The fraction of sp³-hybridized carbons (Fsp3) is 0.500. The number of carbonyl (C=O) groups is 2. The Morgan fingerprint density at radius 3 is 2.48 bits per heavy atom. The number of nitrogens with one attached hydrogen (secondary N) is 2. The van der Waals surface area contributed by atoms with Gasteiger partial charge in [-0.05, 0) is 24.1 Å². The lowest BCUT2D eigenvalue weighted by molar-refractivity contribution is -0.122. The number of rotatable bonds is 7. The van der Waals surface area contributed by atoms with E-state index in [4.69, 9.17) is 0 Å². The van der Waals surface area contributed by atoms with Crippen molar-refractivity contribution in [2.75, 3.05) is 48.6 Å². The van der Waals surface area contributed by atoms with Crippen molar-refractivity contribution < 1.29 is 9.59 Å². The summed E-state index contributed by atoms with van der Waals surface area (Å²) in [7, 11) is 0. The fourth-order valence-electron chi connectivity index (χ4n) is 2.58. The molecule has 1 unspecified atom stereocenters. The summed E-state index contributed by atoms with van der Waals surface area (Å²) in [5, 5.41) is 5.87. The van der Waals surface area contributed by atoms with Gasteiger partial charge in [0.05, 0.1) is 5.92 Å². The van der Waals surface area contributed by atoms with Gasteiger partial charge >= 0.3 is 6.03 Å². The second kappa shape index (κ2) is 9.08. The van der Waals surface area contributed by atoms with Crippen molar-refractivity contribution in [2.45, 2.75) is 5.92 Å². The summed E-state index contributed by atoms with van der Waals surface area (Å²) in [6.07, 6.45) is 4.02. The van der Waals surface area contributed by atoms with Gasteiger partial charge in [-0.1, -0.05) is 18.2 Å². The van der Waals surface area contributed by atoms with Crippen LogP contribution in [-0.2, 0) is 4.79 Å². The van der Waals surface area contributed by atoms with Crippen molar-refractivity contribution in [1.29, 1.82) is 0 Å². The van der Waals surface area contributed by atoms with Gasteiger partial charge in [0, 0.05) is 36.8 Å². The molecule has 0 spiro atoms. The zero-order valence-electron chi connectivity index (χ0n) is 13.5. The van der Waals surface area contributed by atoms with E-state index in [0.29, 0.717) is 19.6 Å². The van der Waals surface area contributed by atoms with Crippen molar-refractivity contribution >= 4 is 41.1 Å². The van der Waals surface area contributed by atoms with Crippen molar-refractivity contribution in [2.24, 2.45) is 0 Å². The van der Waals surface area contributed by atoms with Gasteiger partial charge in [-0.25, -0.2) is 4.79 Å². The minimum atomic E-state index is -0.292. The van der Waals surface area contributed by atoms with E-state index >= 15 is 0 Å². The zero-order chi connectivity index (χ0) is 16.7. The molecule has 2 N–H and O–H groups in total. The number of para-hydroxylation sites is 1. The van der Waals surface area contributed by atoms with Crippen LogP contribution < -0.4 is 15.5 Å². The Bertz CT molecular complexity index is 507. The first-order chi connectivity index (χ1) is 11.2.